The third-order valence-corrected chi connectivity index (χ3v) is 4.60. The molecule has 1 aliphatic carbocycles. The van der Waals surface area contributed by atoms with Gasteiger partial charge in [-0.3, -0.25) is 9.78 Å². The number of aromatic nitrogens is 2. The largest absolute Gasteiger partial charge is 0.492 e. The molecule has 0 amide bonds. The Bertz CT molecular complexity index is 689. The summed E-state index contributed by atoms with van der Waals surface area (Å²) < 4.78 is 6.10. The fourth-order valence-electron chi connectivity index (χ4n) is 2.79. The summed E-state index contributed by atoms with van der Waals surface area (Å²) in [6.07, 6.45) is 8.15. The van der Waals surface area contributed by atoms with Crippen molar-refractivity contribution < 1.29 is 4.74 Å². The molecule has 0 aliphatic heterocycles. The van der Waals surface area contributed by atoms with E-state index in [1.165, 1.54) is 19.3 Å². The molecular formula is C17H22N2O2. The van der Waals surface area contributed by atoms with Crippen molar-refractivity contribution in [3.63, 3.8) is 0 Å². The number of nitrogens with one attached hydrogen (secondary N) is 1. The van der Waals surface area contributed by atoms with Crippen molar-refractivity contribution in [1.82, 2.24) is 9.97 Å². The van der Waals surface area contributed by atoms with Crippen LogP contribution in [-0.2, 0) is 0 Å². The van der Waals surface area contributed by atoms with Crippen molar-refractivity contribution in [1.29, 1.82) is 0 Å². The minimum absolute atomic E-state index is 0.0355. The van der Waals surface area contributed by atoms with Gasteiger partial charge in [-0.25, -0.2) is 0 Å². The Balaban J connectivity index is 2.08. The number of nitrogens with zero attached hydrogens (tertiary/aromatic N) is 1. The van der Waals surface area contributed by atoms with Gasteiger partial charge in [-0.05, 0) is 37.2 Å². The van der Waals surface area contributed by atoms with Crippen molar-refractivity contribution >= 4 is 10.9 Å². The Hall–Kier alpha value is -1.84. The van der Waals surface area contributed by atoms with Crippen LogP contribution in [0.4, 0.5) is 0 Å². The normalized spacial score (nSPS) is 16.7. The van der Waals surface area contributed by atoms with E-state index in [9.17, 15) is 4.79 Å². The molecule has 21 heavy (non-hydrogen) atoms. The van der Waals surface area contributed by atoms with Gasteiger partial charge in [-0.2, -0.15) is 0 Å². The van der Waals surface area contributed by atoms with Gasteiger partial charge in [0.15, 0.2) is 0 Å². The zero-order chi connectivity index (χ0) is 14.8. The molecule has 0 radical (unpaired) electrons. The van der Waals surface area contributed by atoms with Gasteiger partial charge in [0.25, 0.3) is 5.56 Å². The number of hydrogen-bond acceptors (Lipinski definition) is 3. The van der Waals surface area contributed by atoms with E-state index in [1.807, 2.05) is 6.07 Å². The number of pyridine rings is 2. The molecule has 1 unspecified atom stereocenters. The molecule has 2 heterocycles. The molecular weight excluding hydrogens is 264 g/mol. The van der Waals surface area contributed by atoms with Gasteiger partial charge >= 0.3 is 0 Å². The van der Waals surface area contributed by atoms with E-state index in [2.05, 4.69) is 23.8 Å². The van der Waals surface area contributed by atoms with Gasteiger partial charge in [0, 0.05) is 12.4 Å². The van der Waals surface area contributed by atoms with Crippen LogP contribution in [0.2, 0.25) is 0 Å². The molecule has 1 N–H and O–H groups in total. The van der Waals surface area contributed by atoms with Crippen molar-refractivity contribution in [3.05, 3.63) is 34.4 Å². The van der Waals surface area contributed by atoms with E-state index in [1.54, 1.807) is 12.4 Å². The SMILES string of the molecule is CCC(C)c1c(OCC2CCC2)c2cnccc2[nH]c1=O. The predicted octanol–water partition coefficient (Wildman–Crippen LogP) is 3.62. The highest BCUT2D eigenvalue weighted by molar-refractivity contribution is 5.85. The summed E-state index contributed by atoms with van der Waals surface area (Å²) in [5.41, 5.74) is 1.52. The average Bonchev–Trinajstić information content (AvgIpc) is 2.44. The molecule has 1 atom stereocenters. The molecule has 0 spiro atoms. The molecule has 0 bridgehead atoms. The second-order valence-electron chi connectivity index (χ2n) is 6.04. The highest BCUT2D eigenvalue weighted by atomic mass is 16.5. The van der Waals surface area contributed by atoms with Gasteiger partial charge in [-0.1, -0.05) is 20.3 Å². The molecule has 4 heteroatoms. The molecule has 3 rings (SSSR count). The lowest BCUT2D eigenvalue weighted by molar-refractivity contribution is 0.180. The lowest BCUT2D eigenvalue weighted by Crippen LogP contribution is -2.22. The second kappa shape index (κ2) is 5.88. The summed E-state index contributed by atoms with van der Waals surface area (Å²) in [6.45, 7) is 4.87. The smallest absolute Gasteiger partial charge is 0.255 e. The summed E-state index contributed by atoms with van der Waals surface area (Å²) >= 11 is 0. The monoisotopic (exact) mass is 286 g/mol. The molecule has 0 saturated heterocycles. The quantitative estimate of drug-likeness (QED) is 0.913. The maximum absolute atomic E-state index is 12.4. The summed E-state index contributed by atoms with van der Waals surface area (Å²) in [5, 5.41) is 0.909. The topological polar surface area (TPSA) is 55.0 Å². The molecule has 1 aliphatic rings. The van der Waals surface area contributed by atoms with E-state index in [0.717, 1.165) is 28.6 Å². The van der Waals surface area contributed by atoms with Crippen molar-refractivity contribution in [3.8, 4) is 5.75 Å². The van der Waals surface area contributed by atoms with Crippen LogP contribution in [0.5, 0.6) is 5.75 Å². The zero-order valence-corrected chi connectivity index (χ0v) is 12.7. The molecule has 0 aromatic carbocycles. The Labute approximate surface area is 124 Å². The van der Waals surface area contributed by atoms with Gasteiger partial charge in [0.1, 0.15) is 5.75 Å². The van der Waals surface area contributed by atoms with Crippen molar-refractivity contribution in [2.75, 3.05) is 6.61 Å². The predicted molar refractivity (Wildman–Crippen MR) is 83.9 cm³/mol. The maximum atomic E-state index is 12.4. The van der Waals surface area contributed by atoms with Crippen LogP contribution in [0.3, 0.4) is 0 Å². The number of H-pyrrole nitrogens is 1. The fraction of sp³-hybridized carbons (Fsp3) is 0.529. The first-order valence-electron chi connectivity index (χ1n) is 7.83. The summed E-state index contributed by atoms with van der Waals surface area (Å²) in [4.78, 5) is 19.6. The highest BCUT2D eigenvalue weighted by Gasteiger charge is 2.22. The minimum atomic E-state index is -0.0355. The van der Waals surface area contributed by atoms with Gasteiger partial charge in [0.2, 0.25) is 0 Å². The summed E-state index contributed by atoms with van der Waals surface area (Å²) in [7, 11) is 0. The van der Waals surface area contributed by atoms with E-state index >= 15 is 0 Å². The average molecular weight is 286 g/mol. The van der Waals surface area contributed by atoms with Crippen LogP contribution >= 0.6 is 0 Å². The molecule has 2 aromatic rings. The van der Waals surface area contributed by atoms with Gasteiger partial charge in [-0.15, -0.1) is 0 Å². The third-order valence-electron chi connectivity index (χ3n) is 4.60. The number of ether oxygens (including phenoxy) is 1. The van der Waals surface area contributed by atoms with Crippen LogP contribution < -0.4 is 10.3 Å². The number of hydrogen-bond donors (Lipinski definition) is 1. The maximum Gasteiger partial charge on any atom is 0.255 e. The molecule has 112 valence electrons. The molecule has 2 aromatic heterocycles. The number of aromatic amines is 1. The van der Waals surface area contributed by atoms with E-state index in [0.29, 0.717) is 12.5 Å². The first-order chi connectivity index (χ1) is 10.2. The fourth-order valence-corrected chi connectivity index (χ4v) is 2.79. The highest BCUT2D eigenvalue weighted by Crippen LogP contribution is 2.34. The summed E-state index contributed by atoms with van der Waals surface area (Å²) in [5.74, 6) is 1.55. The lowest BCUT2D eigenvalue weighted by atomic mass is 9.86. The minimum Gasteiger partial charge on any atom is -0.492 e. The lowest BCUT2D eigenvalue weighted by Gasteiger charge is -2.26. The third kappa shape index (κ3) is 2.67. The Morgan fingerprint density at radius 1 is 1.48 bits per heavy atom. The molecule has 4 nitrogen and oxygen atoms in total. The first-order valence-corrected chi connectivity index (χ1v) is 7.83. The summed E-state index contributed by atoms with van der Waals surface area (Å²) in [6, 6.07) is 1.83. The number of rotatable bonds is 5. The van der Waals surface area contributed by atoms with Crippen LogP contribution in [-0.4, -0.2) is 16.6 Å². The van der Waals surface area contributed by atoms with E-state index in [-0.39, 0.29) is 11.5 Å². The molecule has 1 fully saturated rings. The Kier molecular flexibility index (Phi) is 3.95. The van der Waals surface area contributed by atoms with Crippen LogP contribution in [0.15, 0.2) is 23.3 Å². The zero-order valence-electron chi connectivity index (χ0n) is 12.7. The van der Waals surface area contributed by atoms with E-state index < -0.39 is 0 Å². The second-order valence-corrected chi connectivity index (χ2v) is 6.04. The number of fused-ring (bicyclic) bond motifs is 1. The van der Waals surface area contributed by atoms with Gasteiger partial charge in [0.05, 0.1) is 23.1 Å². The first kappa shape index (κ1) is 14.1. The standard InChI is InChI=1S/C17H22N2O2/c1-3-11(2)15-16(21-10-12-5-4-6-12)13-9-18-8-7-14(13)19-17(15)20/h7-9,11-12H,3-6,10H2,1-2H3,(H,19,20). The Morgan fingerprint density at radius 3 is 2.95 bits per heavy atom. The molecule has 1 saturated carbocycles. The van der Waals surface area contributed by atoms with Gasteiger partial charge < -0.3 is 9.72 Å². The van der Waals surface area contributed by atoms with Crippen LogP contribution in [0.25, 0.3) is 10.9 Å². The van der Waals surface area contributed by atoms with Crippen molar-refractivity contribution in [2.24, 2.45) is 5.92 Å². The van der Waals surface area contributed by atoms with Crippen molar-refractivity contribution in [2.45, 2.75) is 45.4 Å². The van der Waals surface area contributed by atoms with Crippen LogP contribution in [0.1, 0.15) is 51.0 Å². The Morgan fingerprint density at radius 2 is 2.29 bits per heavy atom. The van der Waals surface area contributed by atoms with E-state index in [4.69, 9.17) is 4.74 Å². The van der Waals surface area contributed by atoms with Crippen LogP contribution in [0, 0.1) is 5.92 Å².